The number of carbonyl (C=O) groups excluding carboxylic acids is 1. The summed E-state index contributed by atoms with van der Waals surface area (Å²) in [4.78, 5) is 12.3. The largest absolute Gasteiger partial charge is 0.488 e. The molecule has 128 valence electrons. The van der Waals surface area contributed by atoms with E-state index in [-0.39, 0.29) is 5.12 Å². The molecule has 0 spiro atoms. The second-order valence-corrected chi connectivity index (χ2v) is 6.54. The Morgan fingerprint density at radius 3 is 2.33 bits per heavy atom. The monoisotopic (exact) mass is 343 g/mol. The third kappa shape index (κ3) is 7.47. The van der Waals surface area contributed by atoms with E-state index in [4.69, 9.17) is 10.1 Å². The smallest absolute Gasteiger partial charge is 0.223 e. The molecule has 0 aliphatic heterocycles. The summed E-state index contributed by atoms with van der Waals surface area (Å²) in [7, 11) is 0. The van der Waals surface area contributed by atoms with Crippen LogP contribution in [0.1, 0.15) is 36.7 Å². The van der Waals surface area contributed by atoms with Crippen LogP contribution >= 0.6 is 11.8 Å². The van der Waals surface area contributed by atoms with Crippen LogP contribution in [0.4, 0.5) is 0 Å². The first kappa shape index (κ1) is 20.0. The molecule has 0 aliphatic rings. The van der Waals surface area contributed by atoms with E-state index in [1.807, 2.05) is 54.6 Å². The van der Waals surface area contributed by atoms with E-state index in [0.29, 0.717) is 23.8 Å². The second kappa shape index (κ2) is 11.5. The summed E-state index contributed by atoms with van der Waals surface area (Å²) >= 11 is 1.35. The zero-order valence-corrected chi connectivity index (χ0v) is 15.3. The van der Waals surface area contributed by atoms with E-state index in [1.54, 1.807) is 6.92 Å². The minimum absolute atomic E-state index is 0.0763. The van der Waals surface area contributed by atoms with Gasteiger partial charge in [0.2, 0.25) is 5.12 Å². The van der Waals surface area contributed by atoms with Gasteiger partial charge in [0.15, 0.2) is 0 Å². The van der Waals surface area contributed by atoms with Crippen molar-refractivity contribution in [3.8, 4) is 5.75 Å². The number of rotatable bonds is 6. The van der Waals surface area contributed by atoms with Gasteiger partial charge in [0.25, 0.3) is 0 Å². The van der Waals surface area contributed by atoms with Crippen LogP contribution in [0, 0.1) is 11.3 Å². The lowest BCUT2D eigenvalue weighted by molar-refractivity contribution is 0.108. The van der Waals surface area contributed by atoms with Crippen LogP contribution in [0.15, 0.2) is 54.6 Å². The molecule has 0 aromatic heterocycles. The lowest BCUT2D eigenvalue weighted by Crippen LogP contribution is -2.03. The first-order valence-corrected chi connectivity index (χ1v) is 8.95. The first-order valence-electron chi connectivity index (χ1n) is 7.96. The number of para-hydroxylation sites is 1. The van der Waals surface area contributed by atoms with E-state index in [0.717, 1.165) is 11.3 Å². The summed E-state index contributed by atoms with van der Waals surface area (Å²) in [6.45, 7) is 6.36. The van der Waals surface area contributed by atoms with E-state index in [1.165, 1.54) is 18.0 Å². The van der Waals surface area contributed by atoms with Crippen molar-refractivity contribution in [1.29, 1.82) is 5.41 Å². The summed E-state index contributed by atoms with van der Waals surface area (Å²) in [5, 5.41) is 6.16. The van der Waals surface area contributed by atoms with Crippen molar-refractivity contribution < 1.29 is 9.53 Å². The highest BCUT2D eigenvalue weighted by Gasteiger charge is 2.13. The lowest BCUT2D eigenvalue weighted by atomic mass is 10.2. The van der Waals surface area contributed by atoms with Crippen molar-refractivity contribution in [2.75, 3.05) is 5.75 Å². The molecular weight excluding hydrogens is 318 g/mol. The maximum absolute atomic E-state index is 12.3. The average molecular weight is 343 g/mol. The highest BCUT2D eigenvalue weighted by Crippen LogP contribution is 2.25. The predicted octanol–water partition coefficient (Wildman–Crippen LogP) is 5.45. The molecule has 0 fully saturated rings. The van der Waals surface area contributed by atoms with Crippen molar-refractivity contribution in [3.63, 3.8) is 0 Å². The van der Waals surface area contributed by atoms with Crippen molar-refractivity contribution in [2.45, 2.75) is 27.4 Å². The van der Waals surface area contributed by atoms with Crippen LogP contribution < -0.4 is 4.74 Å². The van der Waals surface area contributed by atoms with E-state index < -0.39 is 0 Å². The van der Waals surface area contributed by atoms with Crippen LogP contribution in [0.5, 0.6) is 5.75 Å². The molecule has 0 saturated carbocycles. The third-order valence-corrected chi connectivity index (χ3v) is 4.21. The number of nitrogens with one attached hydrogen (secondary N) is 1. The Hall–Kier alpha value is -2.07. The Morgan fingerprint density at radius 2 is 1.71 bits per heavy atom. The normalized spacial score (nSPS) is 9.83. The first-order chi connectivity index (χ1) is 11.6. The maximum Gasteiger partial charge on any atom is 0.223 e. The molecule has 2 aromatic carbocycles. The molecule has 0 atom stereocenters. The number of hydrogen-bond acceptors (Lipinski definition) is 4. The molecule has 0 radical (unpaired) electrons. The molecule has 1 N–H and O–H groups in total. The quantitative estimate of drug-likeness (QED) is 0.709. The Kier molecular flexibility index (Phi) is 9.54. The predicted molar refractivity (Wildman–Crippen MR) is 103 cm³/mol. The molecular formula is C20H25NO2S. The van der Waals surface area contributed by atoms with Crippen LogP contribution in [-0.4, -0.2) is 17.1 Å². The Labute approximate surface area is 148 Å². The number of benzene rings is 2. The fourth-order valence-electron chi connectivity index (χ4n) is 1.82. The van der Waals surface area contributed by atoms with Crippen LogP contribution in [0.25, 0.3) is 0 Å². The molecule has 24 heavy (non-hydrogen) atoms. The molecule has 0 aliphatic carbocycles. The van der Waals surface area contributed by atoms with Gasteiger partial charge in [-0.1, -0.05) is 68.1 Å². The molecule has 0 bridgehead atoms. The highest BCUT2D eigenvalue weighted by molar-refractivity contribution is 8.14. The van der Waals surface area contributed by atoms with Gasteiger partial charge in [0.05, 0.1) is 5.56 Å². The molecule has 3 nitrogen and oxygen atoms in total. The maximum atomic E-state index is 12.3. The van der Waals surface area contributed by atoms with Crippen molar-refractivity contribution >= 4 is 23.1 Å². The number of ether oxygens (including phenoxy) is 1. The minimum atomic E-state index is 0.0763. The van der Waals surface area contributed by atoms with Gasteiger partial charge in [-0.3, -0.25) is 4.79 Å². The molecule has 2 aromatic rings. The number of carbonyl (C=O) groups is 1. The molecule has 0 saturated heterocycles. The van der Waals surface area contributed by atoms with Gasteiger partial charge in [-0.15, -0.1) is 0 Å². The van der Waals surface area contributed by atoms with Crippen LogP contribution in [0.3, 0.4) is 0 Å². The van der Waals surface area contributed by atoms with Crippen molar-refractivity contribution in [1.82, 2.24) is 0 Å². The zero-order valence-electron chi connectivity index (χ0n) is 14.5. The molecule has 4 heteroatoms. The number of thioether (sulfide) groups is 1. The Morgan fingerprint density at radius 1 is 1.12 bits per heavy atom. The lowest BCUT2D eigenvalue weighted by Gasteiger charge is -2.11. The fourth-order valence-corrected chi connectivity index (χ4v) is 2.63. The second-order valence-electron chi connectivity index (χ2n) is 5.55. The Balaban J connectivity index is 0.000000891. The van der Waals surface area contributed by atoms with Gasteiger partial charge >= 0.3 is 0 Å². The topological polar surface area (TPSA) is 50.2 Å². The Bertz CT molecular complexity index is 627. The van der Waals surface area contributed by atoms with Gasteiger partial charge in [0, 0.05) is 5.75 Å². The van der Waals surface area contributed by atoms with E-state index >= 15 is 0 Å². The van der Waals surface area contributed by atoms with Crippen LogP contribution in [0.2, 0.25) is 0 Å². The highest BCUT2D eigenvalue weighted by atomic mass is 32.2. The summed E-state index contributed by atoms with van der Waals surface area (Å²) in [6.07, 6.45) is 1.25. The van der Waals surface area contributed by atoms with Gasteiger partial charge in [0.1, 0.15) is 12.4 Å². The number of hydrogen-bond donors (Lipinski definition) is 1. The molecule has 0 amide bonds. The molecule has 0 heterocycles. The summed E-state index contributed by atoms with van der Waals surface area (Å²) in [5.74, 6) is 1.98. The average Bonchev–Trinajstić information content (AvgIpc) is 2.59. The van der Waals surface area contributed by atoms with Gasteiger partial charge in [-0.05, 0) is 36.8 Å². The summed E-state index contributed by atoms with van der Waals surface area (Å²) in [5.41, 5.74) is 1.74. The standard InChI is InChI=1S/C18H20O2S.C2H5N/c1-14(2)13-21-18(19)16-10-6-7-11-17(16)20-12-15-8-4-3-5-9-15;1-2-3/h3-11,14H,12-13H2,1-2H3;2-3H,1H3. The summed E-state index contributed by atoms with van der Waals surface area (Å²) in [6, 6.07) is 17.4. The van der Waals surface area contributed by atoms with E-state index in [9.17, 15) is 4.79 Å². The SMILES string of the molecule is CC(C)CSC(=O)c1ccccc1OCc1ccccc1.CC=N. The van der Waals surface area contributed by atoms with Crippen molar-refractivity contribution in [3.05, 3.63) is 65.7 Å². The zero-order chi connectivity index (χ0) is 17.8. The van der Waals surface area contributed by atoms with Gasteiger partial charge < -0.3 is 10.1 Å². The fraction of sp³-hybridized carbons (Fsp3) is 0.300. The van der Waals surface area contributed by atoms with Gasteiger partial charge in [-0.2, -0.15) is 0 Å². The third-order valence-electron chi connectivity index (χ3n) is 2.89. The minimum Gasteiger partial charge on any atom is -0.488 e. The molecule has 2 rings (SSSR count). The van der Waals surface area contributed by atoms with Gasteiger partial charge in [-0.25, -0.2) is 0 Å². The summed E-state index contributed by atoms with van der Waals surface area (Å²) < 4.78 is 5.82. The molecule has 0 unspecified atom stereocenters. The van der Waals surface area contributed by atoms with E-state index in [2.05, 4.69) is 13.8 Å². The van der Waals surface area contributed by atoms with Crippen molar-refractivity contribution in [2.24, 2.45) is 5.92 Å². The van der Waals surface area contributed by atoms with Crippen LogP contribution in [-0.2, 0) is 6.61 Å².